The second kappa shape index (κ2) is 5.78. The Morgan fingerprint density at radius 1 is 1.30 bits per heavy atom. The van der Waals surface area contributed by atoms with Crippen LogP contribution in [0.1, 0.15) is 32.1 Å². The molecule has 2 aliphatic rings. The fraction of sp³-hybridized carbons (Fsp3) is 0.769. The lowest BCUT2D eigenvalue weighted by Gasteiger charge is -2.38. The second-order valence-corrected chi connectivity index (χ2v) is 5.72. The Balaban J connectivity index is 1.85. The molecule has 2 aliphatic heterocycles. The van der Waals surface area contributed by atoms with Crippen LogP contribution in [0.3, 0.4) is 0 Å². The van der Waals surface area contributed by atoms with Crippen molar-refractivity contribution in [1.82, 2.24) is 10.2 Å². The van der Waals surface area contributed by atoms with Gasteiger partial charge in [0, 0.05) is 26.1 Å². The van der Waals surface area contributed by atoms with E-state index in [1.54, 1.807) is 4.90 Å². The predicted octanol–water partition coefficient (Wildman–Crippen LogP) is -1.29. The summed E-state index contributed by atoms with van der Waals surface area (Å²) in [7, 11) is 0. The van der Waals surface area contributed by atoms with Crippen molar-refractivity contribution in [2.45, 2.75) is 38.1 Å². The molecule has 0 aromatic rings. The van der Waals surface area contributed by atoms with E-state index in [9.17, 15) is 14.4 Å². The van der Waals surface area contributed by atoms with Crippen LogP contribution in [0.4, 0.5) is 0 Å². The van der Waals surface area contributed by atoms with E-state index < -0.39 is 11.9 Å². The van der Waals surface area contributed by atoms with Gasteiger partial charge in [-0.25, -0.2) is 0 Å². The van der Waals surface area contributed by atoms with E-state index in [1.807, 2.05) is 0 Å². The molecule has 7 heteroatoms. The summed E-state index contributed by atoms with van der Waals surface area (Å²) in [4.78, 5) is 36.4. The Morgan fingerprint density at radius 2 is 1.95 bits per heavy atom. The monoisotopic (exact) mass is 282 g/mol. The minimum Gasteiger partial charge on any atom is -0.370 e. The van der Waals surface area contributed by atoms with Gasteiger partial charge in [0.05, 0.1) is 11.5 Å². The number of hydrogen-bond acceptors (Lipinski definition) is 4. The van der Waals surface area contributed by atoms with E-state index in [-0.39, 0.29) is 30.1 Å². The van der Waals surface area contributed by atoms with Crippen LogP contribution in [0.5, 0.6) is 0 Å². The molecule has 0 aliphatic carbocycles. The quantitative estimate of drug-likeness (QED) is 0.594. The molecule has 2 heterocycles. The van der Waals surface area contributed by atoms with Crippen LogP contribution in [0.15, 0.2) is 0 Å². The number of nitrogens with two attached hydrogens (primary N) is 2. The Bertz CT molecular complexity index is 416. The van der Waals surface area contributed by atoms with Crippen molar-refractivity contribution in [1.29, 1.82) is 0 Å². The van der Waals surface area contributed by atoms with Gasteiger partial charge in [0.1, 0.15) is 0 Å². The first-order valence-corrected chi connectivity index (χ1v) is 7.06. The van der Waals surface area contributed by atoms with Crippen molar-refractivity contribution in [2.75, 3.05) is 19.6 Å². The molecule has 0 aromatic heterocycles. The van der Waals surface area contributed by atoms with Gasteiger partial charge in [0.2, 0.25) is 17.7 Å². The fourth-order valence-electron chi connectivity index (χ4n) is 3.00. The van der Waals surface area contributed by atoms with Gasteiger partial charge in [0.25, 0.3) is 0 Å². The van der Waals surface area contributed by atoms with Crippen LogP contribution < -0.4 is 16.8 Å². The van der Waals surface area contributed by atoms with Gasteiger partial charge in [-0.3, -0.25) is 14.4 Å². The molecule has 2 saturated heterocycles. The van der Waals surface area contributed by atoms with E-state index in [0.717, 1.165) is 13.0 Å². The van der Waals surface area contributed by atoms with Crippen molar-refractivity contribution in [3.05, 3.63) is 0 Å². The van der Waals surface area contributed by atoms with Crippen molar-refractivity contribution < 1.29 is 14.4 Å². The number of rotatable bonds is 4. The topological polar surface area (TPSA) is 119 Å². The zero-order valence-corrected chi connectivity index (χ0v) is 11.6. The van der Waals surface area contributed by atoms with Crippen LogP contribution in [0, 0.1) is 5.41 Å². The standard InChI is InChI=1S/C13H22N4O3/c14-9(1-2-10(15)18)11(19)17-7-4-13(5-8-17)3-6-16-12(13)20/h9H,1-8,14H2,(H2,15,18)(H,16,20)/t9-/m0/s1. The lowest BCUT2D eigenvalue weighted by Crippen LogP contribution is -2.51. The van der Waals surface area contributed by atoms with Crippen LogP contribution >= 0.6 is 0 Å². The molecule has 2 fully saturated rings. The number of nitrogens with one attached hydrogen (secondary N) is 1. The maximum Gasteiger partial charge on any atom is 0.239 e. The number of likely N-dealkylation sites (tertiary alicyclic amines) is 1. The largest absolute Gasteiger partial charge is 0.370 e. The minimum absolute atomic E-state index is 0.114. The second-order valence-electron chi connectivity index (χ2n) is 5.72. The first-order chi connectivity index (χ1) is 9.44. The zero-order valence-electron chi connectivity index (χ0n) is 11.6. The van der Waals surface area contributed by atoms with Gasteiger partial charge in [0.15, 0.2) is 0 Å². The summed E-state index contributed by atoms with van der Waals surface area (Å²) in [5, 5.41) is 2.86. The molecule has 5 N–H and O–H groups in total. The Morgan fingerprint density at radius 3 is 2.45 bits per heavy atom. The molecule has 2 rings (SSSR count). The molecule has 20 heavy (non-hydrogen) atoms. The Labute approximate surface area is 118 Å². The zero-order chi connectivity index (χ0) is 14.8. The summed E-state index contributed by atoms with van der Waals surface area (Å²) < 4.78 is 0. The van der Waals surface area contributed by atoms with Gasteiger partial charge in [-0.1, -0.05) is 0 Å². The third kappa shape index (κ3) is 2.92. The fourth-order valence-corrected chi connectivity index (χ4v) is 3.00. The van der Waals surface area contributed by atoms with Crippen LogP contribution in [0.2, 0.25) is 0 Å². The van der Waals surface area contributed by atoms with Crippen LogP contribution in [-0.2, 0) is 14.4 Å². The van der Waals surface area contributed by atoms with Crippen LogP contribution in [0.25, 0.3) is 0 Å². The van der Waals surface area contributed by atoms with E-state index in [4.69, 9.17) is 11.5 Å². The summed E-state index contributed by atoms with van der Waals surface area (Å²) in [6.45, 7) is 1.83. The highest BCUT2D eigenvalue weighted by Crippen LogP contribution is 2.38. The molecule has 0 unspecified atom stereocenters. The highest BCUT2D eigenvalue weighted by atomic mass is 16.2. The number of primary amides is 1. The molecular weight excluding hydrogens is 260 g/mol. The SMILES string of the molecule is NC(=O)CC[C@H](N)C(=O)N1CCC2(CCNC2=O)CC1. The molecule has 0 saturated carbocycles. The van der Waals surface area contributed by atoms with Crippen molar-refractivity contribution in [2.24, 2.45) is 16.9 Å². The number of amides is 3. The third-order valence-corrected chi connectivity index (χ3v) is 4.42. The summed E-state index contributed by atoms with van der Waals surface area (Å²) in [6, 6.07) is -0.686. The minimum atomic E-state index is -0.686. The van der Waals surface area contributed by atoms with E-state index >= 15 is 0 Å². The number of nitrogens with zero attached hydrogens (tertiary/aromatic N) is 1. The lowest BCUT2D eigenvalue weighted by molar-refractivity contribution is -0.139. The van der Waals surface area contributed by atoms with E-state index in [0.29, 0.717) is 25.9 Å². The third-order valence-electron chi connectivity index (χ3n) is 4.42. The van der Waals surface area contributed by atoms with Crippen molar-refractivity contribution >= 4 is 17.7 Å². The molecule has 0 bridgehead atoms. The first kappa shape index (κ1) is 14.8. The summed E-state index contributed by atoms with van der Waals surface area (Å²) in [5.41, 5.74) is 10.6. The smallest absolute Gasteiger partial charge is 0.239 e. The maximum atomic E-state index is 12.1. The molecule has 1 spiro atoms. The van der Waals surface area contributed by atoms with Gasteiger partial charge >= 0.3 is 0 Å². The Hall–Kier alpha value is -1.63. The van der Waals surface area contributed by atoms with Gasteiger partial charge in [-0.15, -0.1) is 0 Å². The maximum absolute atomic E-state index is 12.1. The number of piperidine rings is 1. The highest BCUT2D eigenvalue weighted by Gasteiger charge is 2.45. The lowest BCUT2D eigenvalue weighted by atomic mass is 9.77. The average molecular weight is 282 g/mol. The normalized spacial score (nSPS) is 22.6. The number of carbonyl (C=O) groups is 3. The average Bonchev–Trinajstić information content (AvgIpc) is 2.77. The molecular formula is C13H22N4O3. The summed E-state index contributed by atoms with van der Waals surface area (Å²) in [6.07, 6.45) is 2.62. The summed E-state index contributed by atoms with van der Waals surface area (Å²) >= 11 is 0. The Kier molecular flexibility index (Phi) is 4.27. The van der Waals surface area contributed by atoms with E-state index in [2.05, 4.69) is 5.32 Å². The molecule has 1 atom stereocenters. The molecule has 3 amide bonds. The first-order valence-electron chi connectivity index (χ1n) is 7.06. The molecule has 112 valence electrons. The number of carbonyl (C=O) groups excluding carboxylic acids is 3. The molecule has 7 nitrogen and oxygen atoms in total. The summed E-state index contributed by atoms with van der Waals surface area (Å²) in [5.74, 6) is -0.490. The predicted molar refractivity (Wildman–Crippen MR) is 72.3 cm³/mol. The van der Waals surface area contributed by atoms with Gasteiger partial charge in [-0.2, -0.15) is 0 Å². The van der Waals surface area contributed by atoms with Gasteiger partial charge < -0.3 is 21.7 Å². The molecule has 0 aromatic carbocycles. The van der Waals surface area contributed by atoms with Gasteiger partial charge in [-0.05, 0) is 25.7 Å². The number of hydrogen-bond donors (Lipinski definition) is 3. The van der Waals surface area contributed by atoms with E-state index in [1.165, 1.54) is 0 Å². The molecule has 0 radical (unpaired) electrons. The van der Waals surface area contributed by atoms with Crippen LogP contribution in [-0.4, -0.2) is 48.3 Å². The van der Waals surface area contributed by atoms with Crippen molar-refractivity contribution in [3.63, 3.8) is 0 Å². The van der Waals surface area contributed by atoms with Crippen molar-refractivity contribution in [3.8, 4) is 0 Å². The highest BCUT2D eigenvalue weighted by molar-refractivity contribution is 5.86.